The molecule has 0 bridgehead atoms. The van der Waals surface area contributed by atoms with E-state index < -0.39 is 5.97 Å². The lowest BCUT2D eigenvalue weighted by Crippen LogP contribution is -2.19. The number of pyridine rings is 1. The van der Waals surface area contributed by atoms with Crippen molar-refractivity contribution in [2.45, 2.75) is 13.5 Å². The number of hydrogen-bond acceptors (Lipinski definition) is 5. The summed E-state index contributed by atoms with van der Waals surface area (Å²) in [5, 5.41) is 12.8. The standard InChI is InChI=1S/C25H21N3O4/c1-15-10-19(17-4-6-18(7-5-17)25(30)31)11-20-12-21(32-24(15)20)14-28-23(29)9-3-16-2-8-22(26)27-13-16/h2-13H,14H2,1H3,(H2,26,27)(H,28,29)(H,30,31)/b9-3+. The third-order valence-electron chi connectivity index (χ3n) is 4.99. The van der Waals surface area contributed by atoms with Gasteiger partial charge in [0.1, 0.15) is 17.2 Å². The van der Waals surface area contributed by atoms with E-state index in [2.05, 4.69) is 10.3 Å². The second kappa shape index (κ2) is 8.77. The number of nitrogens with two attached hydrogens (primary N) is 1. The van der Waals surface area contributed by atoms with Gasteiger partial charge in [-0.05, 0) is 77.7 Å². The molecule has 1 amide bonds. The number of furan rings is 1. The fraction of sp³-hybridized carbons (Fsp3) is 0.0800. The molecule has 0 atom stereocenters. The molecule has 4 aromatic rings. The number of fused-ring (bicyclic) bond motifs is 1. The lowest BCUT2D eigenvalue weighted by Gasteiger charge is -2.05. The number of nitrogens with one attached hydrogen (secondary N) is 1. The van der Waals surface area contributed by atoms with E-state index >= 15 is 0 Å². The Labute approximate surface area is 184 Å². The Bertz CT molecular complexity index is 1320. The number of benzene rings is 2. The first-order chi connectivity index (χ1) is 15.4. The van der Waals surface area contributed by atoms with Gasteiger partial charge in [0.25, 0.3) is 0 Å². The highest BCUT2D eigenvalue weighted by molar-refractivity contribution is 5.92. The minimum absolute atomic E-state index is 0.245. The van der Waals surface area contributed by atoms with Crippen LogP contribution in [0, 0.1) is 6.92 Å². The van der Waals surface area contributed by atoms with Gasteiger partial charge in [-0.3, -0.25) is 4.79 Å². The molecule has 0 aliphatic carbocycles. The van der Waals surface area contributed by atoms with Crippen LogP contribution < -0.4 is 11.1 Å². The molecule has 160 valence electrons. The second-order valence-electron chi connectivity index (χ2n) is 7.37. The first-order valence-electron chi connectivity index (χ1n) is 9.93. The molecule has 0 saturated carbocycles. The second-order valence-corrected chi connectivity index (χ2v) is 7.37. The van der Waals surface area contributed by atoms with Gasteiger partial charge in [0.2, 0.25) is 5.91 Å². The van der Waals surface area contributed by atoms with Gasteiger partial charge in [0.15, 0.2) is 0 Å². The maximum atomic E-state index is 12.1. The number of amides is 1. The molecule has 0 radical (unpaired) electrons. The topological polar surface area (TPSA) is 118 Å². The number of nitrogens with zero attached hydrogens (tertiary/aromatic N) is 1. The Morgan fingerprint density at radius 2 is 1.88 bits per heavy atom. The molecule has 0 unspecified atom stereocenters. The summed E-state index contributed by atoms with van der Waals surface area (Å²) in [5.74, 6) is -0.146. The fourth-order valence-corrected chi connectivity index (χ4v) is 3.36. The molecule has 2 aromatic carbocycles. The monoisotopic (exact) mass is 427 g/mol. The smallest absolute Gasteiger partial charge is 0.335 e. The molecular weight excluding hydrogens is 406 g/mol. The minimum Gasteiger partial charge on any atom is -0.478 e. The van der Waals surface area contributed by atoms with E-state index in [1.807, 2.05) is 25.1 Å². The molecule has 0 spiro atoms. The number of aromatic nitrogens is 1. The first-order valence-corrected chi connectivity index (χ1v) is 9.93. The van der Waals surface area contributed by atoms with Crippen molar-refractivity contribution < 1.29 is 19.1 Å². The maximum absolute atomic E-state index is 12.1. The third-order valence-corrected chi connectivity index (χ3v) is 4.99. The average molecular weight is 427 g/mol. The molecule has 0 aliphatic rings. The van der Waals surface area contributed by atoms with Crippen LogP contribution in [-0.2, 0) is 11.3 Å². The number of aromatic carboxylic acids is 1. The van der Waals surface area contributed by atoms with Crippen molar-refractivity contribution in [3.8, 4) is 11.1 Å². The van der Waals surface area contributed by atoms with Gasteiger partial charge in [-0.1, -0.05) is 12.1 Å². The predicted octanol–water partition coefficient (Wildman–Crippen LogP) is 4.41. The van der Waals surface area contributed by atoms with Crippen molar-refractivity contribution in [1.82, 2.24) is 10.3 Å². The normalized spacial score (nSPS) is 11.2. The molecule has 4 N–H and O–H groups in total. The number of anilines is 1. The van der Waals surface area contributed by atoms with E-state index in [9.17, 15) is 9.59 Å². The van der Waals surface area contributed by atoms with Crippen LogP contribution in [-0.4, -0.2) is 22.0 Å². The van der Waals surface area contributed by atoms with Gasteiger partial charge in [0.05, 0.1) is 12.1 Å². The van der Waals surface area contributed by atoms with Crippen LogP contribution in [0.3, 0.4) is 0 Å². The zero-order valence-corrected chi connectivity index (χ0v) is 17.3. The van der Waals surface area contributed by atoms with Gasteiger partial charge < -0.3 is 20.6 Å². The molecule has 7 heteroatoms. The Kier molecular flexibility index (Phi) is 5.72. The summed E-state index contributed by atoms with van der Waals surface area (Å²) in [6.07, 6.45) is 4.68. The highest BCUT2D eigenvalue weighted by Crippen LogP contribution is 2.30. The highest BCUT2D eigenvalue weighted by atomic mass is 16.4. The van der Waals surface area contributed by atoms with Crippen molar-refractivity contribution in [1.29, 1.82) is 0 Å². The molecule has 0 aliphatic heterocycles. The van der Waals surface area contributed by atoms with Crippen molar-refractivity contribution in [3.63, 3.8) is 0 Å². The van der Waals surface area contributed by atoms with Crippen molar-refractivity contribution >= 4 is 34.7 Å². The molecule has 0 saturated heterocycles. The Morgan fingerprint density at radius 1 is 1.09 bits per heavy atom. The Balaban J connectivity index is 1.47. The maximum Gasteiger partial charge on any atom is 0.335 e. The van der Waals surface area contributed by atoms with Crippen LogP contribution in [0.2, 0.25) is 0 Å². The van der Waals surface area contributed by atoms with Gasteiger partial charge >= 0.3 is 5.97 Å². The fourth-order valence-electron chi connectivity index (χ4n) is 3.36. The zero-order chi connectivity index (χ0) is 22.7. The summed E-state index contributed by atoms with van der Waals surface area (Å²) in [5.41, 5.74) is 10.2. The zero-order valence-electron chi connectivity index (χ0n) is 17.3. The molecule has 32 heavy (non-hydrogen) atoms. The van der Waals surface area contributed by atoms with E-state index in [-0.39, 0.29) is 18.0 Å². The quantitative estimate of drug-likeness (QED) is 0.392. The predicted molar refractivity (Wildman–Crippen MR) is 123 cm³/mol. The average Bonchev–Trinajstić information content (AvgIpc) is 3.21. The Hall–Kier alpha value is -4.39. The van der Waals surface area contributed by atoms with E-state index in [0.717, 1.165) is 33.2 Å². The van der Waals surface area contributed by atoms with Gasteiger partial charge in [-0.15, -0.1) is 0 Å². The Morgan fingerprint density at radius 3 is 2.56 bits per heavy atom. The lowest BCUT2D eigenvalue weighted by atomic mass is 10.00. The largest absolute Gasteiger partial charge is 0.478 e. The summed E-state index contributed by atoms with van der Waals surface area (Å²) in [6, 6.07) is 16.1. The number of carboxylic acid groups (broad SMARTS) is 1. The molecule has 2 heterocycles. The molecule has 2 aromatic heterocycles. The third kappa shape index (κ3) is 4.67. The van der Waals surface area contributed by atoms with Gasteiger partial charge in [-0.2, -0.15) is 0 Å². The first kappa shape index (κ1) is 20.9. The summed E-state index contributed by atoms with van der Waals surface area (Å²) in [7, 11) is 0. The van der Waals surface area contributed by atoms with Crippen LogP contribution in [0.1, 0.15) is 27.2 Å². The summed E-state index contributed by atoms with van der Waals surface area (Å²) in [6.45, 7) is 2.20. The highest BCUT2D eigenvalue weighted by Gasteiger charge is 2.11. The SMILES string of the molecule is Cc1cc(-c2ccc(C(=O)O)cc2)cc2cc(CNC(=O)/C=C/c3ccc(N)nc3)oc12. The number of rotatable bonds is 6. The number of hydrogen-bond donors (Lipinski definition) is 3. The van der Waals surface area contributed by atoms with Gasteiger partial charge in [-0.25, -0.2) is 9.78 Å². The number of aryl methyl sites for hydroxylation is 1. The number of carbonyl (C=O) groups is 2. The van der Waals surface area contributed by atoms with Crippen LogP contribution in [0.4, 0.5) is 5.82 Å². The summed E-state index contributed by atoms with van der Waals surface area (Å²) < 4.78 is 5.93. The van der Waals surface area contributed by atoms with E-state index in [1.54, 1.807) is 48.7 Å². The van der Waals surface area contributed by atoms with Crippen molar-refractivity contribution in [3.05, 3.63) is 89.3 Å². The van der Waals surface area contributed by atoms with Gasteiger partial charge in [0, 0.05) is 17.7 Å². The lowest BCUT2D eigenvalue weighted by molar-refractivity contribution is -0.116. The molecule has 7 nitrogen and oxygen atoms in total. The van der Waals surface area contributed by atoms with E-state index in [0.29, 0.717) is 11.6 Å². The van der Waals surface area contributed by atoms with E-state index in [1.165, 1.54) is 6.08 Å². The van der Waals surface area contributed by atoms with E-state index in [4.69, 9.17) is 15.3 Å². The summed E-state index contributed by atoms with van der Waals surface area (Å²) in [4.78, 5) is 27.2. The van der Waals surface area contributed by atoms with Crippen LogP contribution in [0.15, 0.2) is 71.3 Å². The van der Waals surface area contributed by atoms with Crippen LogP contribution in [0.5, 0.6) is 0 Å². The van der Waals surface area contributed by atoms with Crippen LogP contribution >= 0.6 is 0 Å². The number of carboxylic acids is 1. The summed E-state index contributed by atoms with van der Waals surface area (Å²) >= 11 is 0. The van der Waals surface area contributed by atoms with Crippen LogP contribution in [0.25, 0.3) is 28.2 Å². The molecular formula is C25H21N3O4. The number of nitrogen functional groups attached to an aromatic ring is 1. The molecule has 0 fully saturated rings. The van der Waals surface area contributed by atoms with Crippen molar-refractivity contribution in [2.24, 2.45) is 0 Å². The molecule has 4 rings (SSSR count). The minimum atomic E-state index is -0.954. The number of carbonyl (C=O) groups excluding carboxylic acids is 1. The van der Waals surface area contributed by atoms with Crippen molar-refractivity contribution in [2.75, 3.05) is 5.73 Å².